The van der Waals surface area contributed by atoms with Crippen molar-refractivity contribution in [3.05, 3.63) is 46.5 Å². The lowest BCUT2D eigenvalue weighted by Gasteiger charge is -2.34. The molecule has 1 N–H and O–H groups in total. The fourth-order valence-corrected chi connectivity index (χ4v) is 5.66. The Labute approximate surface area is 163 Å². The molecule has 0 saturated carbocycles. The Balaban J connectivity index is 1.49. The van der Waals surface area contributed by atoms with Crippen molar-refractivity contribution in [1.82, 2.24) is 20.0 Å². The number of fused-ring (bicyclic) bond motifs is 3. The monoisotopic (exact) mass is 380 g/mol. The summed E-state index contributed by atoms with van der Waals surface area (Å²) in [6.45, 7) is 7.38. The number of amides is 1. The van der Waals surface area contributed by atoms with E-state index in [1.165, 1.54) is 18.5 Å². The van der Waals surface area contributed by atoms with Crippen LogP contribution in [-0.2, 0) is 0 Å². The molecule has 2 fully saturated rings. The Hall–Kier alpha value is -2.18. The first kappa shape index (κ1) is 17.0. The highest BCUT2D eigenvalue weighted by atomic mass is 32.1. The molecule has 2 atom stereocenters. The molecule has 0 radical (unpaired) electrons. The first-order valence-corrected chi connectivity index (χ1v) is 10.5. The molecule has 2 unspecified atom stereocenters. The molecule has 27 heavy (non-hydrogen) atoms. The minimum Gasteiger partial charge on any atom is -0.345 e. The van der Waals surface area contributed by atoms with Gasteiger partial charge < -0.3 is 10.2 Å². The number of aryl methyl sites for hydroxylation is 2. The number of carbonyl (C=O) groups excluding carboxylic acids is 1. The zero-order valence-corrected chi connectivity index (χ0v) is 16.6. The fraction of sp³-hybridized carbons (Fsp3) is 0.429. The van der Waals surface area contributed by atoms with Gasteiger partial charge in [-0.05, 0) is 57.4 Å². The van der Waals surface area contributed by atoms with Crippen LogP contribution in [0.5, 0.6) is 0 Å². The standard InChI is InChI=1S/C21H24N4OS/c1-14-6-3-4-7-17(14)25-20-16(15(2)23-25)12-18(27-20)19(26)22-21-8-5-10-24(13-21)11-9-21/h3-4,6-7,12H,5,8-11,13H2,1-2H3,(H,22,26). The predicted molar refractivity (Wildman–Crippen MR) is 109 cm³/mol. The zero-order valence-electron chi connectivity index (χ0n) is 15.8. The van der Waals surface area contributed by atoms with Gasteiger partial charge in [-0.25, -0.2) is 4.68 Å². The van der Waals surface area contributed by atoms with E-state index in [1.807, 2.05) is 29.8 Å². The van der Waals surface area contributed by atoms with Crippen LogP contribution in [0.1, 0.15) is 40.2 Å². The molecular weight excluding hydrogens is 356 g/mol. The number of hydrogen-bond acceptors (Lipinski definition) is 4. The molecule has 2 saturated heterocycles. The Morgan fingerprint density at radius 1 is 1.22 bits per heavy atom. The average molecular weight is 381 g/mol. The van der Waals surface area contributed by atoms with E-state index in [-0.39, 0.29) is 11.4 Å². The smallest absolute Gasteiger partial charge is 0.261 e. The number of nitrogens with one attached hydrogen (secondary N) is 1. The Morgan fingerprint density at radius 3 is 2.93 bits per heavy atom. The number of aromatic nitrogens is 2. The number of nitrogens with zero attached hydrogens (tertiary/aromatic N) is 3. The zero-order chi connectivity index (χ0) is 18.6. The van der Waals surface area contributed by atoms with Crippen molar-refractivity contribution in [3.63, 3.8) is 0 Å². The largest absolute Gasteiger partial charge is 0.345 e. The van der Waals surface area contributed by atoms with Gasteiger partial charge in [-0.15, -0.1) is 11.3 Å². The first-order chi connectivity index (χ1) is 13.0. The molecule has 6 heteroatoms. The van der Waals surface area contributed by atoms with Gasteiger partial charge in [-0.2, -0.15) is 5.10 Å². The van der Waals surface area contributed by atoms with Crippen LogP contribution in [0.2, 0.25) is 0 Å². The molecule has 2 aliphatic heterocycles. The van der Waals surface area contributed by atoms with Gasteiger partial charge in [0.25, 0.3) is 5.91 Å². The van der Waals surface area contributed by atoms with Crippen molar-refractivity contribution < 1.29 is 4.79 Å². The van der Waals surface area contributed by atoms with Gasteiger partial charge in [0.1, 0.15) is 4.83 Å². The van der Waals surface area contributed by atoms with Gasteiger partial charge in [0.2, 0.25) is 0 Å². The Morgan fingerprint density at radius 2 is 2.07 bits per heavy atom. The molecule has 140 valence electrons. The quantitative estimate of drug-likeness (QED) is 0.754. The summed E-state index contributed by atoms with van der Waals surface area (Å²) in [7, 11) is 0. The van der Waals surface area contributed by atoms with E-state index in [9.17, 15) is 4.79 Å². The maximum absolute atomic E-state index is 13.0. The molecule has 5 rings (SSSR count). The van der Waals surface area contributed by atoms with E-state index in [0.717, 1.165) is 52.4 Å². The van der Waals surface area contributed by atoms with Crippen LogP contribution in [0.4, 0.5) is 0 Å². The number of para-hydroxylation sites is 1. The van der Waals surface area contributed by atoms with Crippen LogP contribution < -0.4 is 5.32 Å². The molecule has 4 heterocycles. The lowest BCUT2D eigenvalue weighted by molar-refractivity contribution is 0.0882. The minimum atomic E-state index is -0.0252. The molecule has 3 aromatic rings. The number of piperidine rings is 1. The van der Waals surface area contributed by atoms with Gasteiger partial charge in [-0.1, -0.05) is 18.2 Å². The molecule has 2 aromatic heterocycles. The van der Waals surface area contributed by atoms with Crippen molar-refractivity contribution >= 4 is 27.5 Å². The van der Waals surface area contributed by atoms with E-state index in [2.05, 4.69) is 29.3 Å². The first-order valence-electron chi connectivity index (χ1n) is 9.65. The van der Waals surface area contributed by atoms with Gasteiger partial charge >= 0.3 is 0 Å². The van der Waals surface area contributed by atoms with Crippen molar-refractivity contribution in [2.45, 2.75) is 38.6 Å². The highest BCUT2D eigenvalue weighted by molar-refractivity contribution is 7.20. The second-order valence-corrected chi connectivity index (χ2v) is 9.01. The summed E-state index contributed by atoms with van der Waals surface area (Å²) in [5.74, 6) is 0.0654. The number of rotatable bonds is 3. The summed E-state index contributed by atoms with van der Waals surface area (Å²) in [6.07, 6.45) is 3.34. The second kappa shape index (κ2) is 6.17. The SMILES string of the molecule is Cc1ccccc1-n1nc(C)c2cc(C(=O)NC34CCCN(CC3)C4)sc21. The second-order valence-electron chi connectivity index (χ2n) is 7.98. The van der Waals surface area contributed by atoms with Gasteiger partial charge in [0.05, 0.1) is 21.8 Å². The Kier molecular flexibility index (Phi) is 3.88. The van der Waals surface area contributed by atoms with E-state index in [4.69, 9.17) is 5.10 Å². The van der Waals surface area contributed by atoms with Crippen molar-refractivity contribution in [1.29, 1.82) is 0 Å². The fourth-order valence-electron chi connectivity index (χ4n) is 4.58. The van der Waals surface area contributed by atoms with Crippen LogP contribution in [0, 0.1) is 13.8 Å². The lowest BCUT2D eigenvalue weighted by atomic mass is 9.90. The molecule has 1 aromatic carbocycles. The lowest BCUT2D eigenvalue weighted by Crippen LogP contribution is -2.52. The summed E-state index contributed by atoms with van der Waals surface area (Å²) in [4.78, 5) is 17.3. The normalized spacial score (nSPS) is 24.4. The van der Waals surface area contributed by atoms with E-state index >= 15 is 0 Å². The van der Waals surface area contributed by atoms with Crippen molar-refractivity contribution in [3.8, 4) is 5.69 Å². The third-order valence-electron chi connectivity index (χ3n) is 6.05. The number of benzene rings is 1. The highest BCUT2D eigenvalue weighted by Crippen LogP contribution is 2.34. The summed E-state index contributed by atoms with van der Waals surface area (Å²) in [5.41, 5.74) is 3.18. The van der Waals surface area contributed by atoms with Gasteiger partial charge in [-0.3, -0.25) is 4.79 Å². The van der Waals surface area contributed by atoms with E-state index in [1.54, 1.807) is 11.3 Å². The van der Waals surface area contributed by atoms with Crippen molar-refractivity contribution in [2.24, 2.45) is 0 Å². The summed E-state index contributed by atoms with van der Waals surface area (Å²) >= 11 is 1.54. The topological polar surface area (TPSA) is 50.2 Å². The van der Waals surface area contributed by atoms with Crippen molar-refractivity contribution in [2.75, 3.05) is 19.6 Å². The summed E-state index contributed by atoms with van der Waals surface area (Å²) in [5, 5.41) is 9.17. The van der Waals surface area contributed by atoms with Crippen LogP contribution in [0.15, 0.2) is 30.3 Å². The van der Waals surface area contributed by atoms with Crippen LogP contribution in [0.3, 0.4) is 0 Å². The summed E-state index contributed by atoms with van der Waals surface area (Å²) < 4.78 is 1.98. The maximum atomic E-state index is 13.0. The third-order valence-corrected chi connectivity index (χ3v) is 7.16. The molecule has 5 nitrogen and oxygen atoms in total. The van der Waals surface area contributed by atoms with Crippen LogP contribution in [-0.4, -0.2) is 45.8 Å². The average Bonchev–Trinajstić information content (AvgIpc) is 3.30. The number of hydrogen-bond donors (Lipinski definition) is 1. The summed E-state index contributed by atoms with van der Waals surface area (Å²) in [6, 6.07) is 10.2. The maximum Gasteiger partial charge on any atom is 0.261 e. The number of thiophene rings is 1. The predicted octanol–water partition coefficient (Wildman–Crippen LogP) is 3.67. The van der Waals surface area contributed by atoms with E-state index in [0.29, 0.717) is 0 Å². The molecule has 2 aliphatic rings. The van der Waals surface area contributed by atoms with Gasteiger partial charge in [0, 0.05) is 18.5 Å². The van der Waals surface area contributed by atoms with Crippen LogP contribution >= 0.6 is 11.3 Å². The third kappa shape index (κ3) is 2.78. The number of carbonyl (C=O) groups is 1. The van der Waals surface area contributed by atoms with E-state index < -0.39 is 0 Å². The molecule has 0 aliphatic carbocycles. The minimum absolute atomic E-state index is 0.0252. The highest BCUT2D eigenvalue weighted by Gasteiger charge is 2.42. The Bertz CT molecular complexity index is 1030. The molecule has 1 amide bonds. The molecule has 2 bridgehead atoms. The molecule has 0 spiro atoms. The molecular formula is C21H24N4OS. The van der Waals surface area contributed by atoms with Crippen LogP contribution in [0.25, 0.3) is 15.9 Å². The van der Waals surface area contributed by atoms with Gasteiger partial charge in [0.15, 0.2) is 0 Å².